The van der Waals surface area contributed by atoms with Crippen LogP contribution in [0.1, 0.15) is 37.8 Å². The van der Waals surface area contributed by atoms with Crippen molar-refractivity contribution in [3.8, 4) is 0 Å². The molecule has 1 aliphatic heterocycles. The molecule has 0 aliphatic carbocycles. The van der Waals surface area contributed by atoms with E-state index < -0.39 is 0 Å². The van der Waals surface area contributed by atoms with E-state index in [9.17, 15) is 4.39 Å². The Morgan fingerprint density at radius 2 is 2.21 bits per heavy atom. The zero-order valence-corrected chi connectivity index (χ0v) is 12.0. The Hall–Kier alpha value is -0.930. The minimum atomic E-state index is -0.0806. The van der Waals surface area contributed by atoms with E-state index in [0.29, 0.717) is 5.92 Å². The second-order valence-electron chi connectivity index (χ2n) is 5.60. The standard InChI is InChI=1S/C16H25FN2/c1-3-16(14-8-4-5-9-15(14)17)19(2)12-13-7-6-10-18-11-13/h4-5,8-9,13,16,18H,3,6-7,10-12H2,1-2H3. The summed E-state index contributed by atoms with van der Waals surface area (Å²) in [5.74, 6) is 0.613. The van der Waals surface area contributed by atoms with Gasteiger partial charge in [-0.25, -0.2) is 4.39 Å². The van der Waals surface area contributed by atoms with Gasteiger partial charge in [-0.2, -0.15) is 0 Å². The van der Waals surface area contributed by atoms with E-state index in [1.165, 1.54) is 12.8 Å². The number of benzene rings is 1. The van der Waals surface area contributed by atoms with E-state index in [4.69, 9.17) is 0 Å². The summed E-state index contributed by atoms with van der Waals surface area (Å²) in [6, 6.07) is 7.35. The third-order valence-electron chi connectivity index (χ3n) is 4.13. The summed E-state index contributed by atoms with van der Waals surface area (Å²) in [7, 11) is 2.12. The monoisotopic (exact) mass is 264 g/mol. The minimum absolute atomic E-state index is 0.0806. The molecule has 106 valence electrons. The minimum Gasteiger partial charge on any atom is -0.316 e. The Labute approximate surface area is 116 Å². The fourth-order valence-corrected chi connectivity index (χ4v) is 3.13. The summed E-state index contributed by atoms with van der Waals surface area (Å²) < 4.78 is 13.9. The molecule has 2 unspecified atom stereocenters. The molecule has 1 aromatic carbocycles. The average Bonchev–Trinajstić information content (AvgIpc) is 2.43. The lowest BCUT2D eigenvalue weighted by atomic mass is 9.96. The molecular weight excluding hydrogens is 239 g/mol. The molecule has 0 aromatic heterocycles. The van der Waals surface area contributed by atoms with E-state index >= 15 is 0 Å². The van der Waals surface area contributed by atoms with E-state index in [-0.39, 0.29) is 11.9 Å². The molecule has 1 aliphatic rings. The smallest absolute Gasteiger partial charge is 0.127 e. The fourth-order valence-electron chi connectivity index (χ4n) is 3.13. The van der Waals surface area contributed by atoms with Crippen molar-refractivity contribution in [2.24, 2.45) is 5.92 Å². The molecule has 0 bridgehead atoms. The topological polar surface area (TPSA) is 15.3 Å². The Morgan fingerprint density at radius 1 is 1.42 bits per heavy atom. The molecule has 1 aromatic rings. The molecule has 1 fully saturated rings. The highest BCUT2D eigenvalue weighted by molar-refractivity contribution is 5.21. The first kappa shape index (κ1) is 14.5. The molecule has 2 nitrogen and oxygen atoms in total. The lowest BCUT2D eigenvalue weighted by molar-refractivity contribution is 0.182. The van der Waals surface area contributed by atoms with Crippen LogP contribution in [0.4, 0.5) is 4.39 Å². The zero-order valence-electron chi connectivity index (χ0n) is 12.0. The molecule has 3 heteroatoms. The normalized spacial score (nSPS) is 21.6. The summed E-state index contributed by atoms with van der Waals surface area (Å²) in [4.78, 5) is 2.32. The molecule has 0 amide bonds. The van der Waals surface area contributed by atoms with Crippen molar-refractivity contribution in [3.63, 3.8) is 0 Å². The van der Waals surface area contributed by atoms with Gasteiger partial charge in [-0.1, -0.05) is 25.1 Å². The molecule has 1 heterocycles. The van der Waals surface area contributed by atoms with E-state index in [1.807, 2.05) is 12.1 Å². The number of halogens is 1. The number of hydrogen-bond acceptors (Lipinski definition) is 2. The zero-order chi connectivity index (χ0) is 13.7. The van der Waals surface area contributed by atoms with Gasteiger partial charge in [0.2, 0.25) is 0 Å². The maximum absolute atomic E-state index is 13.9. The van der Waals surface area contributed by atoms with Crippen LogP contribution >= 0.6 is 0 Å². The van der Waals surface area contributed by atoms with Crippen LogP contribution in [0, 0.1) is 11.7 Å². The highest BCUT2D eigenvalue weighted by Gasteiger charge is 2.22. The Balaban J connectivity index is 2.02. The second-order valence-corrected chi connectivity index (χ2v) is 5.60. The van der Waals surface area contributed by atoms with Crippen LogP contribution < -0.4 is 5.32 Å². The first-order valence-electron chi connectivity index (χ1n) is 7.37. The maximum atomic E-state index is 13.9. The van der Waals surface area contributed by atoms with Gasteiger partial charge in [0.1, 0.15) is 5.82 Å². The van der Waals surface area contributed by atoms with E-state index in [2.05, 4.69) is 24.2 Å². The average molecular weight is 264 g/mol. The lowest BCUT2D eigenvalue weighted by Gasteiger charge is -2.33. The molecule has 2 atom stereocenters. The van der Waals surface area contributed by atoms with Crippen molar-refractivity contribution in [2.75, 3.05) is 26.7 Å². The molecule has 0 spiro atoms. The van der Waals surface area contributed by atoms with Gasteiger partial charge < -0.3 is 5.32 Å². The van der Waals surface area contributed by atoms with Crippen LogP contribution in [0.5, 0.6) is 0 Å². The molecule has 1 N–H and O–H groups in total. The van der Waals surface area contributed by atoms with Crippen LogP contribution in [0.2, 0.25) is 0 Å². The summed E-state index contributed by atoms with van der Waals surface area (Å²) in [5.41, 5.74) is 0.830. The maximum Gasteiger partial charge on any atom is 0.127 e. The van der Waals surface area contributed by atoms with Crippen molar-refractivity contribution in [1.82, 2.24) is 10.2 Å². The summed E-state index contributed by atoms with van der Waals surface area (Å²) in [5, 5.41) is 3.45. The number of nitrogens with one attached hydrogen (secondary N) is 1. The van der Waals surface area contributed by atoms with Crippen molar-refractivity contribution >= 4 is 0 Å². The Kier molecular flexibility index (Phi) is 5.34. The van der Waals surface area contributed by atoms with Crippen LogP contribution in [0.3, 0.4) is 0 Å². The number of nitrogens with zero attached hydrogens (tertiary/aromatic N) is 1. The number of piperidine rings is 1. The second kappa shape index (κ2) is 7.01. The van der Waals surface area contributed by atoms with Crippen molar-refractivity contribution < 1.29 is 4.39 Å². The predicted molar refractivity (Wildman–Crippen MR) is 77.7 cm³/mol. The Bertz CT molecular complexity index is 388. The van der Waals surface area contributed by atoms with Gasteiger partial charge in [0.15, 0.2) is 0 Å². The third kappa shape index (κ3) is 3.77. The third-order valence-corrected chi connectivity index (χ3v) is 4.13. The number of hydrogen-bond donors (Lipinski definition) is 1. The van der Waals surface area contributed by atoms with Gasteiger partial charge in [-0.3, -0.25) is 4.90 Å². The molecule has 1 saturated heterocycles. The van der Waals surface area contributed by atoms with Crippen molar-refractivity contribution in [2.45, 2.75) is 32.2 Å². The van der Waals surface area contributed by atoms with Crippen LogP contribution in [0.15, 0.2) is 24.3 Å². The lowest BCUT2D eigenvalue weighted by Crippen LogP contribution is -2.38. The van der Waals surface area contributed by atoms with Gasteiger partial charge in [0.25, 0.3) is 0 Å². The molecule has 19 heavy (non-hydrogen) atoms. The highest BCUT2D eigenvalue weighted by Crippen LogP contribution is 2.26. The first-order chi connectivity index (χ1) is 9.22. The van der Waals surface area contributed by atoms with Crippen LogP contribution in [-0.4, -0.2) is 31.6 Å². The van der Waals surface area contributed by atoms with Crippen LogP contribution in [-0.2, 0) is 0 Å². The van der Waals surface area contributed by atoms with Crippen molar-refractivity contribution in [3.05, 3.63) is 35.6 Å². The van der Waals surface area contributed by atoms with E-state index in [1.54, 1.807) is 12.1 Å². The Morgan fingerprint density at radius 3 is 2.84 bits per heavy atom. The summed E-state index contributed by atoms with van der Waals surface area (Å²) in [6.07, 6.45) is 3.48. The van der Waals surface area contributed by atoms with Gasteiger partial charge in [0.05, 0.1) is 0 Å². The fraction of sp³-hybridized carbons (Fsp3) is 0.625. The van der Waals surface area contributed by atoms with Gasteiger partial charge in [-0.15, -0.1) is 0 Å². The van der Waals surface area contributed by atoms with Crippen LogP contribution in [0.25, 0.3) is 0 Å². The summed E-state index contributed by atoms with van der Waals surface area (Å²) >= 11 is 0. The quantitative estimate of drug-likeness (QED) is 0.878. The van der Waals surface area contributed by atoms with Gasteiger partial charge >= 0.3 is 0 Å². The molecule has 0 radical (unpaired) electrons. The van der Waals surface area contributed by atoms with E-state index in [0.717, 1.165) is 31.6 Å². The highest BCUT2D eigenvalue weighted by atomic mass is 19.1. The first-order valence-corrected chi connectivity index (χ1v) is 7.37. The van der Waals surface area contributed by atoms with Gasteiger partial charge in [-0.05, 0) is 51.4 Å². The number of rotatable bonds is 5. The largest absolute Gasteiger partial charge is 0.316 e. The summed E-state index contributed by atoms with van der Waals surface area (Å²) in [6.45, 7) is 5.41. The predicted octanol–water partition coefficient (Wildman–Crippen LogP) is 3.21. The SMILES string of the molecule is CCC(c1ccccc1F)N(C)CC1CCCNC1. The van der Waals surface area contributed by atoms with Gasteiger partial charge in [0, 0.05) is 18.2 Å². The molecular formula is C16H25FN2. The molecule has 0 saturated carbocycles. The van der Waals surface area contributed by atoms with Crippen molar-refractivity contribution in [1.29, 1.82) is 0 Å². The molecule has 2 rings (SSSR count).